The molecule has 1 fully saturated rings. The van der Waals surface area contributed by atoms with E-state index in [4.69, 9.17) is 4.98 Å². The largest absolute Gasteiger partial charge is 0.351 e. The second-order valence-corrected chi connectivity index (χ2v) is 11.4. The summed E-state index contributed by atoms with van der Waals surface area (Å²) in [7, 11) is -3.45. The summed E-state index contributed by atoms with van der Waals surface area (Å²) in [4.78, 5) is 22.3. The molecule has 4 rings (SSSR count). The predicted octanol–water partition coefficient (Wildman–Crippen LogP) is 3.20. The maximum absolute atomic E-state index is 12.6. The lowest BCUT2D eigenvalue weighted by atomic mass is 10.1. The lowest BCUT2D eigenvalue weighted by molar-refractivity contribution is 0.0944. The number of aromatic nitrogens is 1. The SMILES string of the molecule is CCc1cccc2sc(N3CCN(CCNC(=O)c4ccccc4S(=O)(=O)CC)CC3)nc12. The zero-order valence-corrected chi connectivity index (χ0v) is 20.7. The van der Waals surface area contributed by atoms with Gasteiger partial charge in [-0.2, -0.15) is 0 Å². The molecule has 0 aliphatic carbocycles. The van der Waals surface area contributed by atoms with Crippen LogP contribution in [-0.2, 0) is 16.3 Å². The second kappa shape index (κ2) is 10.2. The zero-order chi connectivity index (χ0) is 23.4. The highest BCUT2D eigenvalue weighted by atomic mass is 32.2. The number of aryl methyl sites for hydroxylation is 1. The molecule has 0 radical (unpaired) electrons. The van der Waals surface area contributed by atoms with Gasteiger partial charge in [-0.05, 0) is 30.2 Å². The van der Waals surface area contributed by atoms with Crippen molar-refractivity contribution in [3.8, 4) is 0 Å². The van der Waals surface area contributed by atoms with E-state index >= 15 is 0 Å². The minimum absolute atomic E-state index is 0.0318. The van der Waals surface area contributed by atoms with Crippen LogP contribution >= 0.6 is 11.3 Å². The minimum Gasteiger partial charge on any atom is -0.351 e. The molecule has 176 valence electrons. The first-order valence-electron chi connectivity index (χ1n) is 11.4. The number of para-hydroxylation sites is 1. The van der Waals surface area contributed by atoms with Gasteiger partial charge in [-0.25, -0.2) is 13.4 Å². The summed E-state index contributed by atoms with van der Waals surface area (Å²) in [5, 5.41) is 3.96. The Kier molecular flexibility index (Phi) is 7.31. The van der Waals surface area contributed by atoms with E-state index < -0.39 is 9.84 Å². The van der Waals surface area contributed by atoms with Crippen molar-refractivity contribution < 1.29 is 13.2 Å². The molecule has 1 N–H and O–H groups in total. The van der Waals surface area contributed by atoms with Gasteiger partial charge >= 0.3 is 0 Å². The van der Waals surface area contributed by atoms with E-state index in [0.29, 0.717) is 6.54 Å². The number of fused-ring (bicyclic) bond motifs is 1. The van der Waals surface area contributed by atoms with Crippen LogP contribution in [-0.4, -0.2) is 69.2 Å². The topological polar surface area (TPSA) is 82.6 Å². The van der Waals surface area contributed by atoms with Crippen LogP contribution in [0.2, 0.25) is 0 Å². The molecule has 3 aromatic rings. The third-order valence-corrected chi connectivity index (χ3v) is 8.94. The number of thiazole rings is 1. The van der Waals surface area contributed by atoms with E-state index in [1.54, 1.807) is 36.5 Å². The van der Waals surface area contributed by atoms with Gasteiger partial charge in [0.15, 0.2) is 15.0 Å². The Morgan fingerprint density at radius 2 is 1.82 bits per heavy atom. The number of rotatable bonds is 8. The fourth-order valence-electron chi connectivity index (χ4n) is 4.08. The van der Waals surface area contributed by atoms with Gasteiger partial charge in [-0.1, -0.05) is 49.4 Å². The zero-order valence-electron chi connectivity index (χ0n) is 19.1. The van der Waals surface area contributed by atoms with Crippen molar-refractivity contribution in [2.45, 2.75) is 25.2 Å². The molecule has 0 bridgehead atoms. The highest BCUT2D eigenvalue weighted by Gasteiger charge is 2.22. The molecule has 0 spiro atoms. The Morgan fingerprint density at radius 1 is 1.06 bits per heavy atom. The third-order valence-electron chi connectivity index (χ3n) is 6.08. The third kappa shape index (κ3) is 5.20. The highest BCUT2D eigenvalue weighted by molar-refractivity contribution is 7.91. The first kappa shape index (κ1) is 23.7. The molecule has 1 amide bonds. The van der Waals surface area contributed by atoms with Crippen LogP contribution in [0.5, 0.6) is 0 Å². The van der Waals surface area contributed by atoms with Crippen molar-refractivity contribution >= 4 is 42.4 Å². The molecule has 2 aromatic carbocycles. The predicted molar refractivity (Wildman–Crippen MR) is 134 cm³/mol. The van der Waals surface area contributed by atoms with Gasteiger partial charge in [0.1, 0.15) is 0 Å². The highest BCUT2D eigenvalue weighted by Crippen LogP contribution is 2.31. The monoisotopic (exact) mass is 486 g/mol. The van der Waals surface area contributed by atoms with E-state index in [2.05, 4.69) is 40.2 Å². The molecule has 1 aliphatic rings. The van der Waals surface area contributed by atoms with Gasteiger partial charge in [-0.3, -0.25) is 9.69 Å². The van der Waals surface area contributed by atoms with Crippen LogP contribution in [0.4, 0.5) is 5.13 Å². The quantitative estimate of drug-likeness (QED) is 0.527. The first-order chi connectivity index (χ1) is 15.9. The summed E-state index contributed by atoms with van der Waals surface area (Å²) >= 11 is 1.75. The van der Waals surface area contributed by atoms with Gasteiger partial charge in [-0.15, -0.1) is 0 Å². The summed E-state index contributed by atoms with van der Waals surface area (Å²) in [6, 6.07) is 12.8. The van der Waals surface area contributed by atoms with E-state index in [1.807, 2.05) is 0 Å². The Labute approximate surface area is 199 Å². The normalized spacial score (nSPS) is 15.2. The molecule has 9 heteroatoms. The van der Waals surface area contributed by atoms with Gasteiger partial charge < -0.3 is 10.2 Å². The summed E-state index contributed by atoms with van der Waals surface area (Å²) in [6.45, 7) is 8.52. The number of hydrogen-bond donors (Lipinski definition) is 1. The average Bonchev–Trinajstić information content (AvgIpc) is 3.29. The molecule has 7 nitrogen and oxygen atoms in total. The fourth-order valence-corrected chi connectivity index (χ4v) is 6.24. The number of carbonyl (C=O) groups is 1. The molecule has 33 heavy (non-hydrogen) atoms. The van der Waals surface area contributed by atoms with Crippen LogP contribution in [0.15, 0.2) is 47.4 Å². The number of nitrogens with zero attached hydrogens (tertiary/aromatic N) is 3. The molecular formula is C24H30N4O3S2. The Morgan fingerprint density at radius 3 is 2.55 bits per heavy atom. The number of carbonyl (C=O) groups excluding carboxylic acids is 1. The lowest BCUT2D eigenvalue weighted by Gasteiger charge is -2.34. The summed E-state index contributed by atoms with van der Waals surface area (Å²) < 4.78 is 25.8. The molecule has 0 unspecified atom stereocenters. The standard InChI is InChI=1S/C24H30N4O3S2/c1-3-18-8-7-10-20-22(18)26-24(32-20)28-16-14-27(15-17-28)13-12-25-23(29)19-9-5-6-11-21(19)33(30,31)4-2/h5-11H,3-4,12-17H2,1-2H3,(H,25,29). The van der Waals surface area contributed by atoms with Crippen LogP contribution in [0.3, 0.4) is 0 Å². The molecule has 1 aliphatic heterocycles. The first-order valence-corrected chi connectivity index (χ1v) is 13.9. The van der Waals surface area contributed by atoms with Crippen molar-refractivity contribution in [3.05, 3.63) is 53.6 Å². The summed E-state index contributed by atoms with van der Waals surface area (Å²) in [6.07, 6.45) is 0.981. The number of benzene rings is 2. The Bertz CT molecular complexity index is 1230. The molecule has 1 aromatic heterocycles. The number of sulfone groups is 1. The maximum atomic E-state index is 12.6. The molecule has 0 atom stereocenters. The van der Waals surface area contributed by atoms with Gasteiger partial charge in [0.05, 0.1) is 26.4 Å². The van der Waals surface area contributed by atoms with Crippen LogP contribution in [0, 0.1) is 0 Å². The smallest absolute Gasteiger partial charge is 0.252 e. The van der Waals surface area contributed by atoms with E-state index in [9.17, 15) is 13.2 Å². The van der Waals surface area contributed by atoms with Crippen LogP contribution in [0.25, 0.3) is 10.2 Å². The second-order valence-electron chi connectivity index (χ2n) is 8.10. The molecule has 1 saturated heterocycles. The van der Waals surface area contributed by atoms with Gasteiger partial charge in [0, 0.05) is 39.3 Å². The van der Waals surface area contributed by atoms with Crippen molar-refractivity contribution in [2.75, 3.05) is 49.9 Å². The van der Waals surface area contributed by atoms with Crippen molar-refractivity contribution in [1.29, 1.82) is 0 Å². The Balaban J connectivity index is 1.30. The van der Waals surface area contributed by atoms with Crippen molar-refractivity contribution in [3.63, 3.8) is 0 Å². The summed E-state index contributed by atoms with van der Waals surface area (Å²) in [5.74, 6) is -0.377. The van der Waals surface area contributed by atoms with Crippen LogP contribution < -0.4 is 10.2 Å². The number of anilines is 1. The molecular weight excluding hydrogens is 456 g/mol. The lowest BCUT2D eigenvalue weighted by Crippen LogP contribution is -2.48. The number of nitrogens with one attached hydrogen (secondary N) is 1. The van der Waals surface area contributed by atoms with E-state index in [1.165, 1.54) is 16.3 Å². The van der Waals surface area contributed by atoms with Crippen LogP contribution in [0.1, 0.15) is 29.8 Å². The van der Waals surface area contributed by atoms with Gasteiger partial charge in [0.25, 0.3) is 5.91 Å². The minimum atomic E-state index is -3.45. The molecule has 2 heterocycles. The van der Waals surface area contributed by atoms with E-state index in [-0.39, 0.29) is 22.1 Å². The number of amides is 1. The fraction of sp³-hybridized carbons (Fsp3) is 0.417. The maximum Gasteiger partial charge on any atom is 0.252 e. The van der Waals surface area contributed by atoms with Crippen molar-refractivity contribution in [2.24, 2.45) is 0 Å². The average molecular weight is 487 g/mol. The van der Waals surface area contributed by atoms with Crippen molar-refractivity contribution in [1.82, 2.24) is 15.2 Å². The number of piperazine rings is 1. The van der Waals surface area contributed by atoms with E-state index in [0.717, 1.165) is 49.8 Å². The summed E-state index contributed by atoms with van der Waals surface area (Å²) in [5.41, 5.74) is 2.62. The molecule has 0 saturated carbocycles. The van der Waals surface area contributed by atoms with Gasteiger partial charge in [0.2, 0.25) is 0 Å². The Hall–Kier alpha value is -2.49. The number of hydrogen-bond acceptors (Lipinski definition) is 7.